The molecule has 1 rings (SSSR count). The molecule has 0 saturated heterocycles. The van der Waals surface area contributed by atoms with E-state index >= 15 is 0 Å². The molecule has 1 aromatic rings. The maximum atomic E-state index is 12.0. The van der Waals surface area contributed by atoms with Crippen molar-refractivity contribution in [2.45, 2.75) is 33.0 Å². The van der Waals surface area contributed by atoms with E-state index in [1.54, 1.807) is 4.90 Å². The van der Waals surface area contributed by atoms with Gasteiger partial charge in [-0.2, -0.15) is 0 Å². The molecule has 1 aromatic carbocycles. The van der Waals surface area contributed by atoms with Crippen molar-refractivity contribution in [3.8, 4) is 0 Å². The molecule has 2 N–H and O–H groups in total. The summed E-state index contributed by atoms with van der Waals surface area (Å²) in [5, 5.41) is 0. The Balaban J connectivity index is 2.50. The van der Waals surface area contributed by atoms with Crippen LogP contribution in [0.1, 0.15) is 25.0 Å². The number of hydrogen-bond acceptors (Lipinski definition) is 3. The minimum absolute atomic E-state index is 0.149. The van der Waals surface area contributed by atoms with Crippen molar-refractivity contribution in [1.29, 1.82) is 0 Å². The van der Waals surface area contributed by atoms with Crippen molar-refractivity contribution in [3.05, 3.63) is 35.4 Å². The molecule has 19 heavy (non-hydrogen) atoms. The van der Waals surface area contributed by atoms with E-state index in [1.807, 2.05) is 45.0 Å². The summed E-state index contributed by atoms with van der Waals surface area (Å²) in [5.74, 6) is 0.149. The number of amides is 1. The van der Waals surface area contributed by atoms with Gasteiger partial charge in [0.1, 0.15) is 0 Å². The number of benzene rings is 1. The molecule has 0 aliphatic heterocycles. The molecule has 4 nitrogen and oxygen atoms in total. The SMILES string of the molecule is CC(C)N(C)C(=O)CN(C)Cc1ccc(CN)cc1. The molecule has 0 aliphatic rings. The zero-order valence-electron chi connectivity index (χ0n) is 12.4. The molecule has 0 saturated carbocycles. The summed E-state index contributed by atoms with van der Waals surface area (Å²) in [6.07, 6.45) is 0. The fourth-order valence-corrected chi connectivity index (χ4v) is 1.78. The van der Waals surface area contributed by atoms with Crippen molar-refractivity contribution >= 4 is 5.91 Å². The molecule has 0 aliphatic carbocycles. The molecule has 0 fully saturated rings. The van der Waals surface area contributed by atoms with Gasteiger partial charge in [0.2, 0.25) is 5.91 Å². The van der Waals surface area contributed by atoms with E-state index in [1.165, 1.54) is 5.56 Å². The Morgan fingerprint density at radius 3 is 2.16 bits per heavy atom. The number of likely N-dealkylation sites (N-methyl/N-ethyl adjacent to an activating group) is 2. The van der Waals surface area contributed by atoms with Gasteiger partial charge in [0.15, 0.2) is 0 Å². The predicted octanol–water partition coefficient (Wildman–Crippen LogP) is 1.44. The predicted molar refractivity (Wildman–Crippen MR) is 78.6 cm³/mol. The summed E-state index contributed by atoms with van der Waals surface area (Å²) < 4.78 is 0. The number of nitrogens with zero attached hydrogens (tertiary/aromatic N) is 2. The Kier molecular flexibility index (Phi) is 5.99. The van der Waals surface area contributed by atoms with Crippen molar-refractivity contribution in [2.75, 3.05) is 20.6 Å². The van der Waals surface area contributed by atoms with Crippen LogP contribution in [0.3, 0.4) is 0 Å². The summed E-state index contributed by atoms with van der Waals surface area (Å²) in [6, 6.07) is 8.44. The lowest BCUT2D eigenvalue weighted by atomic mass is 10.1. The number of nitrogens with two attached hydrogens (primary N) is 1. The Bertz CT molecular complexity index is 400. The van der Waals surface area contributed by atoms with E-state index in [0.29, 0.717) is 13.1 Å². The molecule has 0 heterocycles. The second-order valence-electron chi connectivity index (χ2n) is 5.29. The maximum absolute atomic E-state index is 12.0. The summed E-state index contributed by atoms with van der Waals surface area (Å²) in [7, 11) is 3.81. The van der Waals surface area contributed by atoms with Gasteiger partial charge >= 0.3 is 0 Å². The molecule has 0 spiro atoms. The normalized spacial score (nSPS) is 11.1. The van der Waals surface area contributed by atoms with Crippen LogP contribution in [0.2, 0.25) is 0 Å². The summed E-state index contributed by atoms with van der Waals surface area (Å²) in [6.45, 7) is 5.80. The van der Waals surface area contributed by atoms with Crippen LogP contribution in [-0.4, -0.2) is 42.4 Å². The van der Waals surface area contributed by atoms with E-state index < -0.39 is 0 Å². The molecule has 4 heteroatoms. The molecular weight excluding hydrogens is 238 g/mol. The smallest absolute Gasteiger partial charge is 0.236 e. The van der Waals surface area contributed by atoms with Gasteiger partial charge < -0.3 is 10.6 Å². The highest BCUT2D eigenvalue weighted by Crippen LogP contribution is 2.07. The van der Waals surface area contributed by atoms with Gasteiger partial charge in [-0.3, -0.25) is 9.69 Å². The molecule has 0 radical (unpaired) electrons. The first-order chi connectivity index (χ1) is 8.93. The third-order valence-corrected chi connectivity index (χ3v) is 3.28. The van der Waals surface area contributed by atoms with Crippen LogP contribution in [0.25, 0.3) is 0 Å². The van der Waals surface area contributed by atoms with E-state index in [9.17, 15) is 4.79 Å². The van der Waals surface area contributed by atoms with Crippen LogP contribution in [0.5, 0.6) is 0 Å². The van der Waals surface area contributed by atoms with Gasteiger partial charge in [-0.25, -0.2) is 0 Å². The summed E-state index contributed by atoms with van der Waals surface area (Å²) >= 11 is 0. The third-order valence-electron chi connectivity index (χ3n) is 3.28. The van der Waals surface area contributed by atoms with Gasteiger partial charge in [-0.15, -0.1) is 0 Å². The molecule has 1 amide bonds. The van der Waals surface area contributed by atoms with Crippen molar-refractivity contribution < 1.29 is 4.79 Å². The Hall–Kier alpha value is -1.39. The lowest BCUT2D eigenvalue weighted by Gasteiger charge is -2.24. The van der Waals surface area contributed by atoms with Gasteiger partial charge in [-0.1, -0.05) is 24.3 Å². The van der Waals surface area contributed by atoms with E-state index in [0.717, 1.165) is 12.1 Å². The van der Waals surface area contributed by atoms with Gasteiger partial charge in [-0.05, 0) is 32.0 Å². The highest BCUT2D eigenvalue weighted by molar-refractivity contribution is 5.78. The lowest BCUT2D eigenvalue weighted by Crippen LogP contribution is -2.39. The van der Waals surface area contributed by atoms with E-state index in [-0.39, 0.29) is 11.9 Å². The average molecular weight is 263 g/mol. The molecule has 0 atom stereocenters. The quantitative estimate of drug-likeness (QED) is 0.845. The maximum Gasteiger partial charge on any atom is 0.236 e. The second-order valence-corrected chi connectivity index (χ2v) is 5.29. The zero-order valence-corrected chi connectivity index (χ0v) is 12.4. The molecular formula is C15H25N3O. The fourth-order valence-electron chi connectivity index (χ4n) is 1.78. The van der Waals surface area contributed by atoms with E-state index in [4.69, 9.17) is 5.73 Å². The molecule has 0 bridgehead atoms. The van der Waals surface area contributed by atoms with Crippen molar-refractivity contribution in [2.24, 2.45) is 5.73 Å². The van der Waals surface area contributed by atoms with Crippen LogP contribution < -0.4 is 5.73 Å². The van der Waals surface area contributed by atoms with Crippen molar-refractivity contribution in [1.82, 2.24) is 9.80 Å². The Labute approximate surface area is 116 Å². The molecule has 0 aromatic heterocycles. The second kappa shape index (κ2) is 7.26. The number of carbonyl (C=O) groups is 1. The average Bonchev–Trinajstić information content (AvgIpc) is 2.38. The minimum Gasteiger partial charge on any atom is -0.342 e. The largest absolute Gasteiger partial charge is 0.342 e. The monoisotopic (exact) mass is 263 g/mol. The first-order valence-electron chi connectivity index (χ1n) is 6.66. The topological polar surface area (TPSA) is 49.6 Å². The number of carbonyl (C=O) groups excluding carboxylic acids is 1. The molecule has 0 unspecified atom stereocenters. The van der Waals surface area contributed by atoms with Gasteiger partial charge in [0.25, 0.3) is 0 Å². The first-order valence-corrected chi connectivity index (χ1v) is 6.66. The number of rotatable bonds is 6. The standard InChI is InChI=1S/C15H25N3O/c1-12(2)18(4)15(19)11-17(3)10-14-7-5-13(9-16)6-8-14/h5-8,12H,9-11,16H2,1-4H3. The third kappa shape index (κ3) is 5.01. The van der Waals surface area contributed by atoms with Crippen LogP contribution in [-0.2, 0) is 17.9 Å². The minimum atomic E-state index is 0.149. The zero-order chi connectivity index (χ0) is 14.4. The first kappa shape index (κ1) is 15.7. The summed E-state index contributed by atoms with van der Waals surface area (Å²) in [5.41, 5.74) is 7.89. The lowest BCUT2D eigenvalue weighted by molar-refractivity contribution is -0.132. The van der Waals surface area contributed by atoms with Crippen molar-refractivity contribution in [3.63, 3.8) is 0 Å². The van der Waals surface area contributed by atoms with Crippen LogP contribution in [0, 0.1) is 0 Å². The van der Waals surface area contributed by atoms with Gasteiger partial charge in [0, 0.05) is 26.2 Å². The van der Waals surface area contributed by atoms with Crippen LogP contribution in [0.15, 0.2) is 24.3 Å². The van der Waals surface area contributed by atoms with Crippen LogP contribution >= 0.6 is 0 Å². The number of hydrogen-bond donors (Lipinski definition) is 1. The van der Waals surface area contributed by atoms with E-state index in [2.05, 4.69) is 12.1 Å². The Morgan fingerprint density at radius 2 is 1.68 bits per heavy atom. The van der Waals surface area contributed by atoms with Crippen LogP contribution in [0.4, 0.5) is 0 Å². The molecule has 106 valence electrons. The fraction of sp³-hybridized carbons (Fsp3) is 0.533. The van der Waals surface area contributed by atoms with Gasteiger partial charge in [0.05, 0.1) is 6.54 Å². The highest BCUT2D eigenvalue weighted by Gasteiger charge is 2.14. The summed E-state index contributed by atoms with van der Waals surface area (Å²) in [4.78, 5) is 15.8. The Morgan fingerprint density at radius 1 is 1.16 bits per heavy atom. The highest BCUT2D eigenvalue weighted by atomic mass is 16.2.